The molecule has 1 aliphatic heterocycles. The van der Waals surface area contributed by atoms with Gasteiger partial charge in [0, 0.05) is 13.1 Å². The van der Waals surface area contributed by atoms with Crippen molar-refractivity contribution < 1.29 is 13.2 Å². The molecule has 0 spiro atoms. The fraction of sp³-hybridized carbons (Fsp3) is 0.750. The number of hydrogen-bond acceptors (Lipinski definition) is 3. The predicted octanol–water partition coefficient (Wildman–Crippen LogP) is -2.39. The van der Waals surface area contributed by atoms with E-state index in [1.807, 2.05) is 0 Å². The van der Waals surface area contributed by atoms with Crippen LogP contribution in [0.5, 0.6) is 0 Å². The molecule has 0 radical (unpaired) electrons. The summed E-state index contributed by atoms with van der Waals surface area (Å²) in [6.07, 6.45) is 0. The summed E-state index contributed by atoms with van der Waals surface area (Å²) in [6.45, 7) is 0.238. The van der Waals surface area contributed by atoms with E-state index in [0.29, 0.717) is 0 Å². The van der Waals surface area contributed by atoms with E-state index in [1.54, 1.807) is 0 Å². The number of hydrogen-bond donors (Lipinski definition) is 2. The number of rotatable bonds is 2. The van der Waals surface area contributed by atoms with Gasteiger partial charge in [-0.2, -0.15) is 12.7 Å². The van der Waals surface area contributed by atoms with Gasteiger partial charge in [-0.05, 0) is 0 Å². The van der Waals surface area contributed by atoms with Crippen LogP contribution in [0, 0.1) is 5.92 Å². The van der Waals surface area contributed by atoms with E-state index in [9.17, 15) is 13.2 Å². The molecule has 1 fully saturated rings. The van der Waals surface area contributed by atoms with Crippen molar-refractivity contribution in [3.63, 3.8) is 0 Å². The van der Waals surface area contributed by atoms with Crippen LogP contribution in [0.25, 0.3) is 0 Å². The highest BCUT2D eigenvalue weighted by atomic mass is 32.2. The molecule has 0 bridgehead atoms. The lowest BCUT2D eigenvalue weighted by molar-refractivity contribution is -0.124. The van der Waals surface area contributed by atoms with Gasteiger partial charge >= 0.3 is 0 Å². The molecule has 64 valence electrons. The molecule has 6 nitrogen and oxygen atoms in total. The summed E-state index contributed by atoms with van der Waals surface area (Å²) < 4.78 is 22.1. The first-order chi connectivity index (χ1) is 4.91. The number of nitrogens with zero attached hydrogens (tertiary/aromatic N) is 1. The minimum atomic E-state index is -3.61. The summed E-state index contributed by atoms with van der Waals surface area (Å²) in [5, 5.41) is 4.75. The average molecular weight is 179 g/mol. The second-order valence-electron chi connectivity index (χ2n) is 2.46. The Morgan fingerprint density at radius 2 is 1.91 bits per heavy atom. The van der Waals surface area contributed by atoms with Gasteiger partial charge in [0.25, 0.3) is 10.2 Å². The van der Waals surface area contributed by atoms with Gasteiger partial charge in [-0.25, -0.2) is 5.14 Å². The van der Waals surface area contributed by atoms with E-state index in [1.165, 1.54) is 0 Å². The number of amides is 1. The zero-order valence-electron chi connectivity index (χ0n) is 5.73. The maximum Gasteiger partial charge on any atom is 0.276 e. The van der Waals surface area contributed by atoms with E-state index >= 15 is 0 Å². The van der Waals surface area contributed by atoms with Gasteiger partial charge in [0.15, 0.2) is 0 Å². The molecule has 11 heavy (non-hydrogen) atoms. The fourth-order valence-corrected chi connectivity index (χ4v) is 1.60. The standard InChI is InChI=1S/C4H9N3O3S/c5-4(8)3-1-7(2-3)11(6,9)10/h3H,1-2H2,(H2,5,8)(H2,6,9,10). The van der Waals surface area contributed by atoms with Gasteiger partial charge < -0.3 is 5.73 Å². The second kappa shape index (κ2) is 2.43. The first-order valence-corrected chi connectivity index (χ1v) is 4.49. The topological polar surface area (TPSA) is 106 Å². The summed E-state index contributed by atoms with van der Waals surface area (Å²) in [6, 6.07) is 0. The molecule has 1 heterocycles. The Kier molecular flexibility index (Phi) is 1.87. The van der Waals surface area contributed by atoms with Crippen LogP contribution < -0.4 is 10.9 Å². The van der Waals surface area contributed by atoms with Crippen LogP contribution in [0.2, 0.25) is 0 Å². The van der Waals surface area contributed by atoms with Crippen molar-refractivity contribution in [2.75, 3.05) is 13.1 Å². The van der Waals surface area contributed by atoms with Gasteiger partial charge in [-0.3, -0.25) is 4.79 Å². The predicted molar refractivity (Wildman–Crippen MR) is 37.4 cm³/mol. The van der Waals surface area contributed by atoms with E-state index in [4.69, 9.17) is 10.9 Å². The molecule has 1 saturated heterocycles. The quantitative estimate of drug-likeness (QED) is 0.493. The van der Waals surface area contributed by atoms with Crippen LogP contribution in [0.1, 0.15) is 0 Å². The number of primary amides is 1. The lowest BCUT2D eigenvalue weighted by Gasteiger charge is -2.34. The molecule has 0 aliphatic carbocycles. The maximum atomic E-state index is 10.5. The molecule has 0 aromatic heterocycles. The molecule has 1 aliphatic rings. The molecule has 0 unspecified atom stereocenters. The zero-order chi connectivity index (χ0) is 8.65. The Morgan fingerprint density at radius 3 is 2.18 bits per heavy atom. The molecule has 1 rings (SSSR count). The third-order valence-corrected chi connectivity index (χ3v) is 2.63. The number of nitrogens with two attached hydrogens (primary N) is 2. The van der Waals surface area contributed by atoms with E-state index in [2.05, 4.69) is 0 Å². The van der Waals surface area contributed by atoms with Crippen molar-refractivity contribution in [3.05, 3.63) is 0 Å². The molecule has 0 aromatic rings. The Hall–Kier alpha value is -0.660. The minimum Gasteiger partial charge on any atom is -0.369 e. The highest BCUT2D eigenvalue weighted by Gasteiger charge is 2.36. The van der Waals surface area contributed by atoms with Gasteiger partial charge in [0.2, 0.25) is 5.91 Å². The van der Waals surface area contributed by atoms with Crippen LogP contribution >= 0.6 is 0 Å². The largest absolute Gasteiger partial charge is 0.369 e. The van der Waals surface area contributed by atoms with E-state index in [0.717, 1.165) is 4.31 Å². The Balaban J connectivity index is 2.48. The van der Waals surface area contributed by atoms with E-state index < -0.39 is 16.1 Å². The Bertz CT molecular complexity index is 266. The van der Waals surface area contributed by atoms with Crippen LogP contribution in [0.15, 0.2) is 0 Å². The lowest BCUT2D eigenvalue weighted by Crippen LogP contribution is -2.56. The summed E-state index contributed by atoms with van der Waals surface area (Å²) in [4.78, 5) is 10.4. The average Bonchev–Trinajstić information content (AvgIpc) is 1.51. The summed E-state index contributed by atoms with van der Waals surface area (Å²) >= 11 is 0. The Morgan fingerprint density at radius 1 is 1.45 bits per heavy atom. The van der Waals surface area contributed by atoms with Crippen molar-refractivity contribution in [2.24, 2.45) is 16.8 Å². The third kappa shape index (κ3) is 1.67. The molecule has 0 aromatic carbocycles. The molecule has 7 heteroatoms. The smallest absolute Gasteiger partial charge is 0.276 e. The molecular weight excluding hydrogens is 170 g/mol. The minimum absolute atomic E-state index is 0.119. The molecule has 0 saturated carbocycles. The van der Waals surface area contributed by atoms with Gasteiger partial charge in [0.1, 0.15) is 0 Å². The highest BCUT2D eigenvalue weighted by Crippen LogP contribution is 2.16. The fourth-order valence-electron chi connectivity index (χ4n) is 0.826. The Labute approximate surface area is 64.3 Å². The zero-order valence-corrected chi connectivity index (χ0v) is 6.54. The third-order valence-electron chi connectivity index (χ3n) is 1.61. The number of carbonyl (C=O) groups excluding carboxylic acids is 1. The summed E-state index contributed by atoms with van der Waals surface area (Å²) in [5.41, 5.74) is 4.90. The molecule has 4 N–H and O–H groups in total. The van der Waals surface area contributed by atoms with Crippen LogP contribution in [-0.2, 0) is 15.0 Å². The van der Waals surface area contributed by atoms with Crippen molar-refractivity contribution in [1.29, 1.82) is 0 Å². The van der Waals surface area contributed by atoms with Crippen LogP contribution in [0.3, 0.4) is 0 Å². The van der Waals surface area contributed by atoms with Crippen molar-refractivity contribution in [2.45, 2.75) is 0 Å². The lowest BCUT2D eigenvalue weighted by atomic mass is 10.0. The monoisotopic (exact) mass is 179 g/mol. The molecule has 0 atom stereocenters. The normalized spacial score (nSPS) is 21.2. The van der Waals surface area contributed by atoms with Crippen LogP contribution in [0.4, 0.5) is 0 Å². The summed E-state index contributed by atoms with van der Waals surface area (Å²) in [7, 11) is -3.61. The van der Waals surface area contributed by atoms with Gasteiger partial charge in [-0.1, -0.05) is 0 Å². The van der Waals surface area contributed by atoms with Gasteiger partial charge in [-0.15, -0.1) is 0 Å². The summed E-state index contributed by atoms with van der Waals surface area (Å²) in [5.74, 6) is -0.849. The SMILES string of the molecule is NC(=O)C1CN(S(N)(=O)=O)C1. The second-order valence-corrected chi connectivity index (χ2v) is 4.01. The van der Waals surface area contributed by atoms with Crippen molar-refractivity contribution in [1.82, 2.24) is 4.31 Å². The van der Waals surface area contributed by atoms with Crippen LogP contribution in [-0.4, -0.2) is 31.7 Å². The molecular formula is C4H9N3O3S. The highest BCUT2D eigenvalue weighted by molar-refractivity contribution is 7.86. The molecule has 1 amide bonds. The maximum absolute atomic E-state index is 10.5. The van der Waals surface area contributed by atoms with Crippen molar-refractivity contribution in [3.8, 4) is 0 Å². The van der Waals surface area contributed by atoms with Crippen molar-refractivity contribution >= 4 is 16.1 Å². The van der Waals surface area contributed by atoms with Gasteiger partial charge in [0.05, 0.1) is 5.92 Å². The number of carbonyl (C=O) groups is 1. The first kappa shape index (κ1) is 8.44. The first-order valence-electron chi connectivity index (χ1n) is 2.98. The van der Waals surface area contributed by atoms with E-state index in [-0.39, 0.29) is 19.0 Å².